The van der Waals surface area contributed by atoms with Crippen LogP contribution in [0.25, 0.3) is 11.3 Å². The second-order valence-electron chi connectivity index (χ2n) is 8.17. The highest BCUT2D eigenvalue weighted by atomic mass is 35.5. The van der Waals surface area contributed by atoms with E-state index in [1.807, 2.05) is 7.05 Å². The van der Waals surface area contributed by atoms with E-state index < -0.39 is 11.9 Å². The molecule has 0 radical (unpaired) electrons. The van der Waals surface area contributed by atoms with Gasteiger partial charge >= 0.3 is 0 Å². The Hall–Kier alpha value is -3.56. The van der Waals surface area contributed by atoms with Crippen molar-refractivity contribution >= 4 is 23.4 Å². The van der Waals surface area contributed by atoms with E-state index in [9.17, 15) is 14.3 Å². The highest BCUT2D eigenvalue weighted by molar-refractivity contribution is 6.30. The SMILES string of the molecule is Cn1nc2c(c1Nc1nccc(-c3ccn([C@H](CO)c4ccc(F)c(Cl)c4)c(=O)c3)n1)CCC2. The van der Waals surface area contributed by atoms with Crippen molar-refractivity contribution < 1.29 is 9.50 Å². The maximum Gasteiger partial charge on any atom is 0.251 e. The van der Waals surface area contributed by atoms with Gasteiger partial charge in [-0.25, -0.2) is 14.4 Å². The summed E-state index contributed by atoms with van der Waals surface area (Å²) < 4.78 is 16.7. The molecular formula is C24H22ClFN6O2. The van der Waals surface area contributed by atoms with Crippen LogP contribution in [0.3, 0.4) is 0 Å². The molecule has 0 unspecified atom stereocenters. The molecule has 2 N–H and O–H groups in total. The van der Waals surface area contributed by atoms with Gasteiger partial charge in [0.05, 0.1) is 29.1 Å². The first-order chi connectivity index (χ1) is 16.4. The molecule has 174 valence electrons. The Morgan fingerprint density at radius 1 is 1.24 bits per heavy atom. The minimum absolute atomic E-state index is 0.0688. The largest absolute Gasteiger partial charge is 0.394 e. The number of nitrogens with zero attached hydrogens (tertiary/aromatic N) is 5. The fourth-order valence-electron chi connectivity index (χ4n) is 4.34. The Morgan fingerprint density at radius 2 is 2.09 bits per heavy atom. The van der Waals surface area contributed by atoms with Gasteiger partial charge in [-0.05, 0) is 49.1 Å². The Labute approximate surface area is 199 Å². The predicted molar refractivity (Wildman–Crippen MR) is 127 cm³/mol. The Kier molecular flexibility index (Phi) is 5.89. The zero-order chi connectivity index (χ0) is 23.8. The summed E-state index contributed by atoms with van der Waals surface area (Å²) >= 11 is 5.88. The highest BCUT2D eigenvalue weighted by Gasteiger charge is 2.22. The van der Waals surface area contributed by atoms with Crippen LogP contribution in [0.15, 0.2) is 53.6 Å². The monoisotopic (exact) mass is 480 g/mol. The summed E-state index contributed by atoms with van der Waals surface area (Å²) in [5.41, 5.74) is 3.66. The van der Waals surface area contributed by atoms with Crippen LogP contribution in [-0.2, 0) is 19.9 Å². The lowest BCUT2D eigenvalue weighted by Gasteiger charge is -2.19. The van der Waals surface area contributed by atoms with Gasteiger partial charge < -0.3 is 15.0 Å². The summed E-state index contributed by atoms with van der Waals surface area (Å²) in [6.45, 7) is -0.349. The van der Waals surface area contributed by atoms with Crippen LogP contribution in [0, 0.1) is 5.82 Å². The molecule has 0 fully saturated rings. The van der Waals surface area contributed by atoms with Crippen LogP contribution in [-0.4, -0.2) is 36.0 Å². The van der Waals surface area contributed by atoms with Crippen molar-refractivity contribution in [2.45, 2.75) is 25.3 Å². The second-order valence-corrected chi connectivity index (χ2v) is 8.58. The number of fused-ring (bicyclic) bond motifs is 1. The summed E-state index contributed by atoms with van der Waals surface area (Å²) in [5.74, 6) is 0.728. The highest BCUT2D eigenvalue weighted by Crippen LogP contribution is 2.30. The molecule has 0 spiro atoms. The Morgan fingerprint density at radius 3 is 2.85 bits per heavy atom. The molecule has 0 saturated heterocycles. The molecule has 0 amide bonds. The Bertz CT molecular complexity index is 1430. The predicted octanol–water partition coefficient (Wildman–Crippen LogP) is 3.65. The fourth-order valence-corrected chi connectivity index (χ4v) is 4.53. The number of aliphatic hydroxyl groups is 1. The van der Waals surface area contributed by atoms with Crippen molar-refractivity contribution in [1.82, 2.24) is 24.3 Å². The lowest BCUT2D eigenvalue weighted by molar-refractivity contribution is 0.247. The summed E-state index contributed by atoms with van der Waals surface area (Å²) in [4.78, 5) is 21.8. The number of aromatic nitrogens is 5. The van der Waals surface area contributed by atoms with E-state index in [0.717, 1.165) is 30.8 Å². The van der Waals surface area contributed by atoms with Crippen molar-refractivity contribution in [2.75, 3.05) is 11.9 Å². The first-order valence-corrected chi connectivity index (χ1v) is 11.3. The summed E-state index contributed by atoms with van der Waals surface area (Å²) in [5, 5.41) is 17.7. The fraction of sp³-hybridized carbons (Fsp3) is 0.250. The molecule has 1 atom stereocenters. The number of pyridine rings is 1. The third-order valence-electron chi connectivity index (χ3n) is 6.04. The smallest absolute Gasteiger partial charge is 0.251 e. The lowest BCUT2D eigenvalue weighted by atomic mass is 10.1. The van der Waals surface area contributed by atoms with Gasteiger partial charge in [-0.1, -0.05) is 17.7 Å². The minimum atomic E-state index is -0.700. The number of benzene rings is 1. The number of hydrogen-bond donors (Lipinski definition) is 2. The standard InChI is InChI=1S/C24H22ClFN6O2/c1-31-23(16-3-2-4-20(16)30-31)29-24-27-9-7-19(28-24)14-8-10-32(22(34)12-14)21(13-33)15-5-6-18(26)17(25)11-15/h5-12,21,33H,2-4,13H2,1H3,(H,27,28,29)/t21-/m1/s1. The number of halogens is 2. The number of aliphatic hydroxyl groups excluding tert-OH is 1. The van der Waals surface area contributed by atoms with Crippen molar-refractivity contribution in [3.63, 3.8) is 0 Å². The summed E-state index contributed by atoms with van der Waals surface area (Å²) in [6.07, 6.45) is 6.24. The van der Waals surface area contributed by atoms with E-state index in [1.54, 1.807) is 29.2 Å². The first-order valence-electron chi connectivity index (χ1n) is 10.9. The van der Waals surface area contributed by atoms with Crippen LogP contribution >= 0.6 is 11.6 Å². The van der Waals surface area contributed by atoms with Crippen LogP contribution in [0.2, 0.25) is 5.02 Å². The molecule has 8 nitrogen and oxygen atoms in total. The maximum absolute atomic E-state index is 13.5. The molecule has 10 heteroatoms. The van der Waals surface area contributed by atoms with Crippen LogP contribution in [0.4, 0.5) is 16.2 Å². The number of hydrogen-bond acceptors (Lipinski definition) is 6. The number of anilines is 2. The molecule has 1 aliphatic rings. The van der Waals surface area contributed by atoms with E-state index >= 15 is 0 Å². The van der Waals surface area contributed by atoms with Gasteiger partial charge in [0.1, 0.15) is 11.6 Å². The molecule has 0 aliphatic heterocycles. The average Bonchev–Trinajstić information content (AvgIpc) is 3.39. The Balaban J connectivity index is 1.43. The molecule has 3 heterocycles. The van der Waals surface area contributed by atoms with Gasteiger partial charge in [0.2, 0.25) is 5.95 Å². The van der Waals surface area contributed by atoms with Crippen LogP contribution in [0.5, 0.6) is 0 Å². The molecule has 34 heavy (non-hydrogen) atoms. The molecule has 1 aliphatic carbocycles. The average molecular weight is 481 g/mol. The van der Waals surface area contributed by atoms with Gasteiger partial charge in [-0.15, -0.1) is 0 Å². The van der Waals surface area contributed by atoms with Gasteiger partial charge in [0.25, 0.3) is 5.56 Å². The number of aryl methyl sites for hydroxylation is 2. The van der Waals surface area contributed by atoms with Crippen molar-refractivity contribution in [2.24, 2.45) is 7.05 Å². The third-order valence-corrected chi connectivity index (χ3v) is 6.33. The molecule has 3 aromatic heterocycles. The summed E-state index contributed by atoms with van der Waals surface area (Å²) in [7, 11) is 1.88. The van der Waals surface area contributed by atoms with E-state index in [2.05, 4.69) is 20.4 Å². The van der Waals surface area contributed by atoms with E-state index in [0.29, 0.717) is 22.8 Å². The normalized spacial score (nSPS) is 13.6. The first kappa shape index (κ1) is 22.2. The van der Waals surface area contributed by atoms with E-state index in [4.69, 9.17) is 11.6 Å². The van der Waals surface area contributed by atoms with E-state index in [1.165, 1.54) is 34.4 Å². The van der Waals surface area contributed by atoms with Gasteiger partial charge in [0, 0.05) is 36.6 Å². The molecular weight excluding hydrogens is 459 g/mol. The van der Waals surface area contributed by atoms with Gasteiger partial charge in [0.15, 0.2) is 0 Å². The zero-order valence-corrected chi connectivity index (χ0v) is 19.1. The lowest BCUT2D eigenvalue weighted by Crippen LogP contribution is -2.26. The molecule has 0 saturated carbocycles. The van der Waals surface area contributed by atoms with Crippen LogP contribution in [0.1, 0.15) is 29.3 Å². The molecule has 5 rings (SSSR count). The molecule has 1 aromatic carbocycles. The van der Waals surface area contributed by atoms with Gasteiger partial charge in [-0.2, -0.15) is 5.10 Å². The zero-order valence-electron chi connectivity index (χ0n) is 18.4. The summed E-state index contributed by atoms with van der Waals surface area (Å²) in [6, 6.07) is 8.34. The quantitative estimate of drug-likeness (QED) is 0.437. The van der Waals surface area contributed by atoms with Crippen LogP contribution < -0.4 is 10.9 Å². The number of rotatable bonds is 6. The van der Waals surface area contributed by atoms with Crippen molar-refractivity contribution in [3.8, 4) is 11.3 Å². The van der Waals surface area contributed by atoms with Gasteiger partial charge in [-0.3, -0.25) is 9.48 Å². The maximum atomic E-state index is 13.5. The third kappa shape index (κ3) is 4.08. The molecule has 0 bridgehead atoms. The second kappa shape index (κ2) is 9.00. The molecule has 4 aromatic rings. The number of nitrogens with one attached hydrogen (secondary N) is 1. The van der Waals surface area contributed by atoms with E-state index in [-0.39, 0.29) is 17.2 Å². The van der Waals surface area contributed by atoms with Crippen molar-refractivity contribution in [1.29, 1.82) is 0 Å². The minimum Gasteiger partial charge on any atom is -0.394 e. The van der Waals surface area contributed by atoms with Crippen molar-refractivity contribution in [3.05, 3.63) is 86.8 Å². The topological polar surface area (TPSA) is 97.9 Å².